The second-order valence-corrected chi connectivity index (χ2v) is 7.19. The minimum absolute atomic E-state index is 0.300. The number of amides is 1. The highest BCUT2D eigenvalue weighted by atomic mass is 16.6. The first-order chi connectivity index (χ1) is 13.0. The Morgan fingerprint density at radius 3 is 2.33 bits per heavy atom. The molecule has 1 saturated heterocycles. The molecular formula is C19H24N2O6. The molecule has 27 heavy (non-hydrogen) atoms. The van der Waals surface area contributed by atoms with E-state index in [1.54, 1.807) is 4.90 Å². The first-order valence-electron chi connectivity index (χ1n) is 9.20. The molecule has 8 heteroatoms. The van der Waals surface area contributed by atoms with Crippen LogP contribution in [0.1, 0.15) is 24.0 Å². The fourth-order valence-corrected chi connectivity index (χ4v) is 3.85. The molecule has 1 aromatic rings. The maximum Gasteiger partial charge on any atom is 0.410 e. The van der Waals surface area contributed by atoms with Crippen LogP contribution in [0.25, 0.3) is 0 Å². The van der Waals surface area contributed by atoms with Crippen LogP contribution >= 0.6 is 0 Å². The van der Waals surface area contributed by atoms with E-state index >= 15 is 0 Å². The van der Waals surface area contributed by atoms with Crippen LogP contribution in [0.2, 0.25) is 0 Å². The lowest BCUT2D eigenvalue weighted by atomic mass is 10.1. The van der Waals surface area contributed by atoms with Gasteiger partial charge in [0.25, 0.3) is 0 Å². The number of likely N-dealkylation sites (tertiary alicyclic amines) is 1. The van der Waals surface area contributed by atoms with E-state index in [-0.39, 0.29) is 24.2 Å². The summed E-state index contributed by atoms with van der Waals surface area (Å²) in [6.07, 6.45) is 0.622. The van der Waals surface area contributed by atoms with Crippen molar-refractivity contribution >= 4 is 12.1 Å². The molecule has 0 bridgehead atoms. The topological polar surface area (TPSA) is 77.5 Å². The van der Waals surface area contributed by atoms with E-state index in [0.29, 0.717) is 39.3 Å². The first kappa shape index (κ1) is 17.9. The van der Waals surface area contributed by atoms with Crippen LogP contribution in [0, 0.1) is 0 Å². The number of likely N-dealkylation sites (N-methyl/N-ethyl adjacent to an activating group) is 1. The van der Waals surface area contributed by atoms with Gasteiger partial charge in [-0.25, -0.2) is 4.79 Å². The Morgan fingerprint density at radius 1 is 1.11 bits per heavy atom. The SMILES string of the molecule is COC(=O)C1CC(OC(=O)N2Cc3cc4c(cc3C2)OCCCO4)CN1C. The summed E-state index contributed by atoms with van der Waals surface area (Å²) >= 11 is 0. The number of benzene rings is 1. The molecule has 0 saturated carbocycles. The standard InChI is InChI=1S/C19H24N2O6/c1-20-11-14(8-15(20)18(22)24-2)27-19(23)21-9-12-6-16-17(7-13(12)10-21)26-5-3-4-25-16/h6-7,14-15H,3-5,8-11H2,1-2H3. The number of methoxy groups -OCH3 is 1. The highest BCUT2D eigenvalue weighted by molar-refractivity contribution is 5.76. The summed E-state index contributed by atoms with van der Waals surface area (Å²) in [4.78, 5) is 27.9. The van der Waals surface area contributed by atoms with E-state index in [2.05, 4.69) is 0 Å². The molecule has 1 amide bonds. The molecule has 0 radical (unpaired) electrons. The molecule has 2 unspecified atom stereocenters. The minimum Gasteiger partial charge on any atom is -0.490 e. The van der Waals surface area contributed by atoms with Gasteiger partial charge in [-0.05, 0) is 30.3 Å². The van der Waals surface area contributed by atoms with E-state index in [4.69, 9.17) is 18.9 Å². The van der Waals surface area contributed by atoms with Gasteiger partial charge in [-0.15, -0.1) is 0 Å². The highest BCUT2D eigenvalue weighted by Crippen LogP contribution is 2.37. The molecule has 0 aliphatic carbocycles. The van der Waals surface area contributed by atoms with Crippen LogP contribution in [0.4, 0.5) is 4.79 Å². The van der Waals surface area contributed by atoms with Gasteiger partial charge in [0.2, 0.25) is 0 Å². The van der Waals surface area contributed by atoms with Crippen LogP contribution in [0.3, 0.4) is 0 Å². The van der Waals surface area contributed by atoms with Crippen molar-refractivity contribution in [2.45, 2.75) is 38.1 Å². The number of ether oxygens (including phenoxy) is 4. The summed E-state index contributed by atoms with van der Waals surface area (Å²) in [5, 5.41) is 0. The maximum atomic E-state index is 12.6. The van der Waals surface area contributed by atoms with E-state index < -0.39 is 0 Å². The second-order valence-electron chi connectivity index (χ2n) is 7.19. The average molecular weight is 376 g/mol. The molecule has 3 aliphatic rings. The molecule has 2 atom stereocenters. The van der Waals surface area contributed by atoms with Crippen LogP contribution in [-0.4, -0.2) is 67.9 Å². The molecular weight excluding hydrogens is 352 g/mol. The van der Waals surface area contributed by atoms with Crippen molar-refractivity contribution in [3.05, 3.63) is 23.3 Å². The summed E-state index contributed by atoms with van der Waals surface area (Å²) in [7, 11) is 3.19. The van der Waals surface area contributed by atoms with E-state index in [1.165, 1.54) is 7.11 Å². The number of hydrogen-bond acceptors (Lipinski definition) is 7. The van der Waals surface area contributed by atoms with Crippen LogP contribution < -0.4 is 9.47 Å². The Balaban J connectivity index is 1.39. The number of carbonyl (C=O) groups excluding carboxylic acids is 2. The van der Waals surface area contributed by atoms with Crippen molar-refractivity contribution < 1.29 is 28.5 Å². The zero-order valence-corrected chi connectivity index (χ0v) is 15.6. The molecule has 1 fully saturated rings. The van der Waals surface area contributed by atoms with Crippen molar-refractivity contribution in [3.8, 4) is 11.5 Å². The molecule has 3 aliphatic heterocycles. The number of carbonyl (C=O) groups is 2. The minimum atomic E-state index is -0.368. The lowest BCUT2D eigenvalue weighted by Gasteiger charge is -2.19. The fraction of sp³-hybridized carbons (Fsp3) is 0.579. The molecule has 0 aromatic heterocycles. The normalized spacial score (nSPS) is 24.3. The molecule has 146 valence electrons. The van der Waals surface area contributed by atoms with Crippen LogP contribution in [0.15, 0.2) is 12.1 Å². The summed E-state index contributed by atoms with van der Waals surface area (Å²) in [6, 6.07) is 3.55. The lowest BCUT2D eigenvalue weighted by Crippen LogP contribution is -2.33. The monoisotopic (exact) mass is 376 g/mol. The first-order valence-corrected chi connectivity index (χ1v) is 9.20. The van der Waals surface area contributed by atoms with Gasteiger partial charge in [0.1, 0.15) is 12.1 Å². The van der Waals surface area contributed by atoms with Gasteiger partial charge in [-0.1, -0.05) is 0 Å². The van der Waals surface area contributed by atoms with Crippen molar-refractivity contribution in [1.29, 1.82) is 0 Å². The summed E-state index contributed by atoms with van der Waals surface area (Å²) in [5.41, 5.74) is 2.10. The van der Waals surface area contributed by atoms with Crippen molar-refractivity contribution in [3.63, 3.8) is 0 Å². The van der Waals surface area contributed by atoms with Gasteiger partial charge in [0.05, 0.1) is 20.3 Å². The fourth-order valence-electron chi connectivity index (χ4n) is 3.85. The number of nitrogens with zero attached hydrogens (tertiary/aromatic N) is 2. The Bertz CT molecular complexity index is 717. The Hall–Kier alpha value is -2.48. The summed E-state index contributed by atoms with van der Waals surface area (Å²) in [5.74, 6) is 1.17. The van der Waals surface area contributed by atoms with Crippen molar-refractivity contribution in [2.75, 3.05) is 33.9 Å². The van der Waals surface area contributed by atoms with Crippen molar-refractivity contribution in [2.24, 2.45) is 0 Å². The number of fused-ring (bicyclic) bond motifs is 2. The van der Waals surface area contributed by atoms with Gasteiger partial charge in [0, 0.05) is 32.5 Å². The second kappa shape index (κ2) is 7.26. The average Bonchev–Trinajstić information content (AvgIpc) is 3.15. The smallest absolute Gasteiger partial charge is 0.410 e. The lowest BCUT2D eigenvalue weighted by molar-refractivity contribution is -0.145. The van der Waals surface area contributed by atoms with Gasteiger partial charge in [-0.2, -0.15) is 0 Å². The Labute approximate surface area is 157 Å². The van der Waals surface area contributed by atoms with Crippen LogP contribution in [-0.2, 0) is 27.4 Å². The third-order valence-electron chi connectivity index (χ3n) is 5.30. The quantitative estimate of drug-likeness (QED) is 0.725. The van der Waals surface area contributed by atoms with Gasteiger partial charge >= 0.3 is 12.1 Å². The van der Waals surface area contributed by atoms with Gasteiger partial charge in [0.15, 0.2) is 11.5 Å². The van der Waals surface area contributed by atoms with Gasteiger partial charge < -0.3 is 18.9 Å². The predicted molar refractivity (Wildman–Crippen MR) is 94.6 cm³/mol. The number of hydrogen-bond donors (Lipinski definition) is 0. The maximum absolute atomic E-state index is 12.6. The molecule has 0 N–H and O–H groups in total. The zero-order valence-electron chi connectivity index (χ0n) is 15.6. The van der Waals surface area contributed by atoms with E-state index in [0.717, 1.165) is 29.0 Å². The third kappa shape index (κ3) is 3.53. The zero-order chi connectivity index (χ0) is 19.0. The predicted octanol–water partition coefficient (Wildman–Crippen LogP) is 1.55. The summed E-state index contributed by atoms with van der Waals surface area (Å²) < 4.78 is 21.9. The van der Waals surface area contributed by atoms with E-state index in [1.807, 2.05) is 24.1 Å². The molecule has 0 spiro atoms. The molecule has 8 nitrogen and oxygen atoms in total. The number of esters is 1. The largest absolute Gasteiger partial charge is 0.490 e. The van der Waals surface area contributed by atoms with Gasteiger partial charge in [-0.3, -0.25) is 14.6 Å². The third-order valence-corrected chi connectivity index (χ3v) is 5.30. The Kier molecular flexibility index (Phi) is 4.82. The molecule has 1 aromatic carbocycles. The van der Waals surface area contributed by atoms with Crippen LogP contribution in [0.5, 0.6) is 11.5 Å². The number of rotatable bonds is 2. The van der Waals surface area contributed by atoms with Crippen molar-refractivity contribution in [1.82, 2.24) is 9.80 Å². The highest BCUT2D eigenvalue weighted by Gasteiger charge is 2.38. The molecule has 3 heterocycles. The van der Waals surface area contributed by atoms with E-state index in [9.17, 15) is 9.59 Å². The summed E-state index contributed by atoms with van der Waals surface area (Å²) in [6.45, 7) is 2.74. The Morgan fingerprint density at radius 2 is 1.74 bits per heavy atom. The molecule has 4 rings (SSSR count).